The largest absolute Gasteiger partial charge is 0.310 e. The number of hydrogen-bond acceptors (Lipinski definition) is 5. The summed E-state index contributed by atoms with van der Waals surface area (Å²) < 4.78 is 29.3. The molecule has 1 aliphatic heterocycles. The van der Waals surface area contributed by atoms with E-state index in [2.05, 4.69) is 31.2 Å². The van der Waals surface area contributed by atoms with Gasteiger partial charge in [0.05, 0.1) is 17.1 Å². The van der Waals surface area contributed by atoms with Gasteiger partial charge in [0.25, 0.3) is 0 Å². The average molecular weight is 448 g/mol. The van der Waals surface area contributed by atoms with E-state index in [1.165, 1.54) is 4.31 Å². The average Bonchev–Trinajstić information content (AvgIpc) is 3.05. The van der Waals surface area contributed by atoms with Gasteiger partial charge in [-0.15, -0.1) is 0 Å². The van der Waals surface area contributed by atoms with E-state index in [1.807, 2.05) is 44.0 Å². The van der Waals surface area contributed by atoms with Crippen LogP contribution in [0.25, 0.3) is 0 Å². The number of carbonyl (C=O) groups excluding carboxylic acids is 1. The lowest BCUT2D eigenvalue weighted by atomic mass is 9.92. The van der Waals surface area contributed by atoms with Gasteiger partial charge in [-0.2, -0.15) is 9.40 Å². The van der Waals surface area contributed by atoms with E-state index in [4.69, 9.17) is 0 Å². The molecule has 1 aromatic carbocycles. The van der Waals surface area contributed by atoms with Gasteiger partial charge in [-0.25, -0.2) is 8.42 Å². The lowest BCUT2D eigenvalue weighted by Gasteiger charge is -2.33. The van der Waals surface area contributed by atoms with Crippen LogP contribution >= 0.6 is 0 Å². The molecule has 1 fully saturated rings. The van der Waals surface area contributed by atoms with E-state index >= 15 is 0 Å². The Bertz CT molecular complexity index is 1060. The van der Waals surface area contributed by atoms with E-state index in [0.29, 0.717) is 36.9 Å². The molecule has 0 unspecified atom stereocenters. The second kappa shape index (κ2) is 8.72. The van der Waals surface area contributed by atoms with E-state index in [9.17, 15) is 13.2 Å². The summed E-state index contributed by atoms with van der Waals surface area (Å²) in [6, 6.07) is 7.38. The van der Waals surface area contributed by atoms with Crippen molar-refractivity contribution in [2.45, 2.75) is 44.9 Å². The minimum atomic E-state index is -3.54. The van der Waals surface area contributed by atoms with Crippen LogP contribution in [0.1, 0.15) is 37.6 Å². The first-order valence-electron chi connectivity index (χ1n) is 10.5. The second-order valence-corrected chi connectivity index (χ2v) is 11.2. The van der Waals surface area contributed by atoms with Crippen LogP contribution in [-0.2, 0) is 27.3 Å². The van der Waals surface area contributed by atoms with E-state index in [0.717, 1.165) is 16.8 Å². The SMILES string of the molecule is Cc1ccc(C)c(S(=O)(=O)N2CCN(CC(=O)Nc3cc(C(C)(C)C)nn3C)CC2)c1. The molecule has 1 N–H and O–H groups in total. The van der Waals surface area contributed by atoms with Crippen molar-refractivity contribution >= 4 is 21.7 Å². The quantitative estimate of drug-likeness (QED) is 0.760. The van der Waals surface area contributed by atoms with Gasteiger partial charge in [0.2, 0.25) is 15.9 Å². The predicted molar refractivity (Wildman–Crippen MR) is 122 cm³/mol. The standard InChI is InChI=1S/C22H33N5O3S/c1-16-7-8-17(2)18(13-16)31(29,30)27-11-9-26(10-12-27)15-21(28)23-20-14-19(22(3,4)5)24-25(20)6/h7-8,13-14H,9-12,15H2,1-6H3,(H,23,28). The summed E-state index contributed by atoms with van der Waals surface area (Å²) in [6.07, 6.45) is 0. The summed E-state index contributed by atoms with van der Waals surface area (Å²) in [7, 11) is -1.73. The third-order valence-electron chi connectivity index (χ3n) is 5.58. The summed E-state index contributed by atoms with van der Waals surface area (Å²) in [6.45, 7) is 11.9. The number of rotatable bonds is 5. The Morgan fingerprint density at radius 1 is 1.10 bits per heavy atom. The zero-order chi connectivity index (χ0) is 23.0. The van der Waals surface area contributed by atoms with Gasteiger partial charge in [-0.05, 0) is 31.0 Å². The van der Waals surface area contributed by atoms with Crippen molar-refractivity contribution < 1.29 is 13.2 Å². The number of hydrogen-bond donors (Lipinski definition) is 1. The molecule has 0 saturated carbocycles. The summed E-state index contributed by atoms with van der Waals surface area (Å²) in [5, 5.41) is 7.39. The van der Waals surface area contributed by atoms with Crippen LogP contribution in [-0.4, -0.2) is 66.0 Å². The number of carbonyl (C=O) groups is 1. The zero-order valence-corrected chi connectivity index (χ0v) is 20.1. The molecule has 0 spiro atoms. The summed E-state index contributed by atoms with van der Waals surface area (Å²) in [5.41, 5.74) is 2.48. The Hall–Kier alpha value is -2.23. The topological polar surface area (TPSA) is 87.5 Å². The van der Waals surface area contributed by atoms with Crippen LogP contribution in [0.4, 0.5) is 5.82 Å². The Labute approximate surface area is 185 Å². The molecule has 0 aliphatic carbocycles. The Morgan fingerprint density at radius 2 is 1.74 bits per heavy atom. The maximum atomic E-state index is 13.1. The van der Waals surface area contributed by atoms with Crippen LogP contribution in [0.2, 0.25) is 0 Å². The van der Waals surface area contributed by atoms with E-state index < -0.39 is 10.0 Å². The van der Waals surface area contributed by atoms with Gasteiger partial charge < -0.3 is 5.32 Å². The molecular formula is C22H33N5O3S. The van der Waals surface area contributed by atoms with Crippen LogP contribution in [0, 0.1) is 13.8 Å². The Balaban J connectivity index is 1.58. The molecule has 1 amide bonds. The number of aromatic nitrogens is 2. The number of aryl methyl sites for hydroxylation is 3. The molecule has 2 heterocycles. The van der Waals surface area contributed by atoms with Gasteiger partial charge in [0, 0.05) is 44.7 Å². The molecule has 1 aliphatic rings. The molecule has 8 nitrogen and oxygen atoms in total. The summed E-state index contributed by atoms with van der Waals surface area (Å²) in [5.74, 6) is 0.528. The molecule has 0 bridgehead atoms. The molecule has 0 atom stereocenters. The summed E-state index contributed by atoms with van der Waals surface area (Å²) in [4.78, 5) is 14.9. The highest BCUT2D eigenvalue weighted by molar-refractivity contribution is 7.89. The first-order chi connectivity index (χ1) is 14.4. The van der Waals surface area contributed by atoms with Gasteiger partial charge in [-0.3, -0.25) is 14.4 Å². The zero-order valence-electron chi connectivity index (χ0n) is 19.3. The van der Waals surface area contributed by atoms with Crippen molar-refractivity contribution in [1.29, 1.82) is 0 Å². The van der Waals surface area contributed by atoms with Crippen molar-refractivity contribution in [3.8, 4) is 0 Å². The first-order valence-corrected chi connectivity index (χ1v) is 12.0. The smallest absolute Gasteiger partial charge is 0.243 e. The molecule has 170 valence electrons. The highest BCUT2D eigenvalue weighted by Crippen LogP contribution is 2.24. The minimum absolute atomic E-state index is 0.0990. The van der Waals surface area contributed by atoms with Crippen molar-refractivity contribution in [2.24, 2.45) is 7.05 Å². The van der Waals surface area contributed by atoms with Crippen LogP contribution < -0.4 is 5.32 Å². The normalized spacial score (nSPS) is 16.5. The number of anilines is 1. The van der Waals surface area contributed by atoms with Crippen LogP contribution in [0.15, 0.2) is 29.2 Å². The van der Waals surface area contributed by atoms with E-state index in [1.54, 1.807) is 10.7 Å². The molecular weight excluding hydrogens is 414 g/mol. The fourth-order valence-electron chi connectivity index (χ4n) is 3.59. The van der Waals surface area contributed by atoms with Crippen molar-refractivity contribution in [3.63, 3.8) is 0 Å². The fourth-order valence-corrected chi connectivity index (χ4v) is 5.32. The number of sulfonamides is 1. The highest BCUT2D eigenvalue weighted by Gasteiger charge is 2.30. The van der Waals surface area contributed by atoms with Crippen molar-refractivity contribution in [1.82, 2.24) is 19.0 Å². The number of piperazine rings is 1. The molecule has 1 aromatic heterocycles. The van der Waals surface area contributed by atoms with Gasteiger partial charge in [0.1, 0.15) is 5.82 Å². The Kier molecular flexibility index (Phi) is 6.59. The molecule has 3 rings (SSSR count). The van der Waals surface area contributed by atoms with Crippen molar-refractivity contribution in [2.75, 3.05) is 38.0 Å². The molecule has 31 heavy (non-hydrogen) atoms. The number of benzene rings is 1. The van der Waals surface area contributed by atoms with Crippen LogP contribution in [0.3, 0.4) is 0 Å². The second-order valence-electron chi connectivity index (χ2n) is 9.29. The lowest BCUT2D eigenvalue weighted by molar-refractivity contribution is -0.117. The van der Waals surface area contributed by atoms with Gasteiger partial charge >= 0.3 is 0 Å². The minimum Gasteiger partial charge on any atom is -0.310 e. The maximum Gasteiger partial charge on any atom is 0.243 e. The third kappa shape index (κ3) is 5.34. The number of nitrogens with zero attached hydrogens (tertiary/aromatic N) is 4. The van der Waals surface area contributed by atoms with Gasteiger partial charge in [-0.1, -0.05) is 32.9 Å². The number of amides is 1. The molecule has 9 heteroatoms. The Morgan fingerprint density at radius 3 is 2.32 bits per heavy atom. The van der Waals surface area contributed by atoms with Gasteiger partial charge in [0.15, 0.2) is 0 Å². The lowest BCUT2D eigenvalue weighted by Crippen LogP contribution is -2.50. The first kappa shape index (κ1) is 23.4. The third-order valence-corrected chi connectivity index (χ3v) is 7.62. The van der Waals surface area contributed by atoms with Crippen LogP contribution in [0.5, 0.6) is 0 Å². The monoisotopic (exact) mass is 447 g/mol. The molecule has 0 radical (unpaired) electrons. The van der Waals surface area contributed by atoms with Crippen molar-refractivity contribution in [3.05, 3.63) is 41.1 Å². The number of nitrogens with one attached hydrogen (secondary N) is 1. The predicted octanol–water partition coefficient (Wildman–Crippen LogP) is 2.28. The highest BCUT2D eigenvalue weighted by atomic mass is 32.2. The fraction of sp³-hybridized carbons (Fsp3) is 0.545. The van der Waals surface area contributed by atoms with E-state index in [-0.39, 0.29) is 17.9 Å². The summed E-state index contributed by atoms with van der Waals surface area (Å²) >= 11 is 0. The maximum absolute atomic E-state index is 13.1. The molecule has 2 aromatic rings. The molecule has 1 saturated heterocycles.